The molecule has 2 unspecified atom stereocenters. The molecule has 0 bridgehead atoms. The average Bonchev–Trinajstić information content (AvgIpc) is 3.14. The third-order valence-corrected chi connectivity index (χ3v) is 5.92. The highest BCUT2D eigenvalue weighted by Gasteiger charge is 2.41. The predicted molar refractivity (Wildman–Crippen MR) is 91.6 cm³/mol. The van der Waals surface area contributed by atoms with Crippen LogP contribution in [0.3, 0.4) is 0 Å². The number of likely N-dealkylation sites (tertiary alicyclic amines) is 1. The number of nitrogens with one attached hydrogen (secondary N) is 1. The Labute approximate surface area is 143 Å². The lowest BCUT2D eigenvalue weighted by atomic mass is 10.00. The molecule has 24 heavy (non-hydrogen) atoms. The SMILES string of the molecule is OCc1ccc(NC2CC3CN(CC4CCOCC4)C[C@H]3C2)nn1. The summed E-state index contributed by atoms with van der Waals surface area (Å²) in [5, 5.41) is 20.7. The number of aromatic nitrogens is 2. The average molecular weight is 332 g/mol. The first-order valence-electron chi connectivity index (χ1n) is 9.30. The summed E-state index contributed by atoms with van der Waals surface area (Å²) in [6.07, 6.45) is 4.94. The summed E-state index contributed by atoms with van der Waals surface area (Å²) < 4.78 is 5.47. The highest BCUT2D eigenvalue weighted by atomic mass is 16.5. The fourth-order valence-corrected chi connectivity index (χ4v) is 4.69. The first kappa shape index (κ1) is 16.2. The van der Waals surface area contributed by atoms with Gasteiger partial charge in [-0.25, -0.2) is 0 Å². The minimum Gasteiger partial charge on any atom is -0.390 e. The van der Waals surface area contributed by atoms with Crippen LogP contribution in [0.5, 0.6) is 0 Å². The van der Waals surface area contributed by atoms with Crippen molar-refractivity contribution in [1.29, 1.82) is 0 Å². The number of ether oxygens (including phenoxy) is 1. The van der Waals surface area contributed by atoms with Gasteiger partial charge in [-0.2, -0.15) is 5.10 Å². The topological polar surface area (TPSA) is 70.5 Å². The summed E-state index contributed by atoms with van der Waals surface area (Å²) in [4.78, 5) is 2.69. The summed E-state index contributed by atoms with van der Waals surface area (Å²) in [5.41, 5.74) is 0.618. The smallest absolute Gasteiger partial charge is 0.148 e. The molecule has 0 radical (unpaired) electrons. The van der Waals surface area contributed by atoms with E-state index in [1.165, 1.54) is 45.3 Å². The van der Waals surface area contributed by atoms with E-state index < -0.39 is 0 Å². The monoisotopic (exact) mass is 332 g/mol. The van der Waals surface area contributed by atoms with Crippen molar-refractivity contribution < 1.29 is 9.84 Å². The second-order valence-electron chi connectivity index (χ2n) is 7.68. The van der Waals surface area contributed by atoms with Gasteiger partial charge in [0.2, 0.25) is 0 Å². The molecule has 2 saturated heterocycles. The van der Waals surface area contributed by atoms with Crippen molar-refractivity contribution in [3.63, 3.8) is 0 Å². The molecular formula is C18H28N4O2. The summed E-state index contributed by atoms with van der Waals surface area (Å²) in [7, 11) is 0. The van der Waals surface area contributed by atoms with Gasteiger partial charge in [-0.15, -0.1) is 5.10 Å². The molecule has 3 atom stereocenters. The van der Waals surface area contributed by atoms with E-state index in [0.717, 1.165) is 36.8 Å². The van der Waals surface area contributed by atoms with Crippen molar-refractivity contribution in [3.05, 3.63) is 17.8 Å². The maximum absolute atomic E-state index is 9.03. The van der Waals surface area contributed by atoms with E-state index in [-0.39, 0.29) is 6.61 Å². The van der Waals surface area contributed by atoms with Gasteiger partial charge in [-0.1, -0.05) is 0 Å². The number of aliphatic hydroxyl groups is 1. The minimum atomic E-state index is -0.0518. The van der Waals surface area contributed by atoms with Gasteiger partial charge in [0.1, 0.15) is 5.82 Å². The molecule has 6 nitrogen and oxygen atoms in total. The lowest BCUT2D eigenvalue weighted by Crippen LogP contribution is -2.32. The van der Waals surface area contributed by atoms with Crippen LogP contribution in [0.15, 0.2) is 12.1 Å². The van der Waals surface area contributed by atoms with Crippen molar-refractivity contribution in [1.82, 2.24) is 15.1 Å². The fourth-order valence-electron chi connectivity index (χ4n) is 4.69. The van der Waals surface area contributed by atoms with Crippen molar-refractivity contribution in [2.75, 3.05) is 38.2 Å². The Bertz CT molecular complexity index is 518. The summed E-state index contributed by atoms with van der Waals surface area (Å²) in [6, 6.07) is 4.27. The van der Waals surface area contributed by atoms with Gasteiger partial charge in [0.05, 0.1) is 12.3 Å². The van der Waals surface area contributed by atoms with Crippen molar-refractivity contribution in [2.45, 2.75) is 38.3 Å². The Morgan fingerprint density at radius 3 is 2.50 bits per heavy atom. The zero-order chi connectivity index (χ0) is 16.4. The number of nitrogens with zero attached hydrogens (tertiary/aromatic N) is 3. The Hall–Kier alpha value is -1.24. The molecule has 3 heterocycles. The van der Waals surface area contributed by atoms with E-state index in [1.54, 1.807) is 0 Å². The molecule has 0 aromatic carbocycles. The zero-order valence-electron chi connectivity index (χ0n) is 14.2. The highest BCUT2D eigenvalue weighted by molar-refractivity contribution is 5.34. The first-order valence-corrected chi connectivity index (χ1v) is 9.30. The van der Waals surface area contributed by atoms with Crippen LogP contribution in [0.4, 0.5) is 5.82 Å². The molecular weight excluding hydrogens is 304 g/mol. The predicted octanol–water partition coefficient (Wildman–Crippen LogP) is 1.52. The van der Waals surface area contributed by atoms with Crippen LogP contribution in [0.25, 0.3) is 0 Å². The number of fused-ring (bicyclic) bond motifs is 1. The van der Waals surface area contributed by atoms with Gasteiger partial charge in [0, 0.05) is 38.9 Å². The molecule has 3 aliphatic rings. The molecule has 3 fully saturated rings. The molecule has 1 aromatic rings. The molecule has 132 valence electrons. The van der Waals surface area contributed by atoms with E-state index in [9.17, 15) is 0 Å². The lowest BCUT2D eigenvalue weighted by molar-refractivity contribution is 0.0545. The maximum atomic E-state index is 9.03. The standard InChI is InChI=1S/C18H28N4O2/c23-12-16-1-2-18(21-20-16)19-17-7-14-10-22(11-15(14)8-17)9-13-3-5-24-6-4-13/h1-2,13-15,17,23H,3-12H2,(H,19,21)/t14-,15?,17?/m1/s1. The summed E-state index contributed by atoms with van der Waals surface area (Å²) in [5.74, 6) is 3.32. The molecule has 4 rings (SSSR count). The number of hydrogen-bond donors (Lipinski definition) is 2. The van der Waals surface area contributed by atoms with Gasteiger partial charge >= 0.3 is 0 Å². The van der Waals surface area contributed by atoms with E-state index in [1.807, 2.05) is 12.1 Å². The Balaban J connectivity index is 1.24. The van der Waals surface area contributed by atoms with Crippen molar-refractivity contribution in [3.8, 4) is 0 Å². The number of rotatable bonds is 5. The number of aliphatic hydroxyl groups excluding tert-OH is 1. The lowest BCUT2D eigenvalue weighted by Gasteiger charge is -2.27. The van der Waals surface area contributed by atoms with Crippen molar-refractivity contribution in [2.24, 2.45) is 17.8 Å². The second-order valence-corrected chi connectivity index (χ2v) is 7.68. The third-order valence-electron chi connectivity index (χ3n) is 5.92. The zero-order valence-corrected chi connectivity index (χ0v) is 14.2. The van der Waals surface area contributed by atoms with Crippen LogP contribution < -0.4 is 5.32 Å². The van der Waals surface area contributed by atoms with Crippen LogP contribution in [0, 0.1) is 17.8 Å². The molecule has 1 aromatic heterocycles. The quantitative estimate of drug-likeness (QED) is 0.852. The van der Waals surface area contributed by atoms with E-state index in [2.05, 4.69) is 20.4 Å². The maximum Gasteiger partial charge on any atom is 0.148 e. The van der Waals surface area contributed by atoms with E-state index >= 15 is 0 Å². The van der Waals surface area contributed by atoms with Crippen LogP contribution >= 0.6 is 0 Å². The Kier molecular flexibility index (Phi) is 4.96. The van der Waals surface area contributed by atoms with E-state index in [4.69, 9.17) is 9.84 Å². The largest absolute Gasteiger partial charge is 0.390 e. The van der Waals surface area contributed by atoms with Gasteiger partial charge < -0.3 is 20.1 Å². The highest BCUT2D eigenvalue weighted by Crippen LogP contribution is 2.39. The third kappa shape index (κ3) is 3.71. The normalized spacial score (nSPS) is 31.3. The van der Waals surface area contributed by atoms with Crippen LogP contribution in [0.1, 0.15) is 31.4 Å². The molecule has 6 heteroatoms. The van der Waals surface area contributed by atoms with Crippen LogP contribution in [-0.2, 0) is 11.3 Å². The number of anilines is 1. The van der Waals surface area contributed by atoms with Crippen LogP contribution in [0.2, 0.25) is 0 Å². The number of hydrogen-bond acceptors (Lipinski definition) is 6. The van der Waals surface area contributed by atoms with E-state index in [0.29, 0.717) is 11.7 Å². The van der Waals surface area contributed by atoms with Gasteiger partial charge in [-0.3, -0.25) is 0 Å². The molecule has 1 aliphatic carbocycles. The first-order chi connectivity index (χ1) is 11.8. The molecule has 0 amide bonds. The molecule has 1 saturated carbocycles. The Morgan fingerprint density at radius 2 is 1.88 bits per heavy atom. The minimum absolute atomic E-state index is 0.0518. The molecule has 0 spiro atoms. The van der Waals surface area contributed by atoms with Gasteiger partial charge in [0.15, 0.2) is 0 Å². The fraction of sp³-hybridized carbons (Fsp3) is 0.778. The van der Waals surface area contributed by atoms with Gasteiger partial charge in [-0.05, 0) is 55.6 Å². The summed E-state index contributed by atoms with van der Waals surface area (Å²) in [6.45, 7) is 5.64. The van der Waals surface area contributed by atoms with Gasteiger partial charge in [0.25, 0.3) is 0 Å². The molecule has 2 N–H and O–H groups in total. The second kappa shape index (κ2) is 7.33. The van der Waals surface area contributed by atoms with Crippen molar-refractivity contribution >= 4 is 5.82 Å². The van der Waals surface area contributed by atoms with Crippen LogP contribution in [-0.4, -0.2) is 59.1 Å². The summed E-state index contributed by atoms with van der Waals surface area (Å²) >= 11 is 0. The Morgan fingerprint density at radius 1 is 1.12 bits per heavy atom. The molecule has 2 aliphatic heterocycles.